The minimum atomic E-state index is -0.102. The standard InChI is InChI=1S/C15H21FN2/c16-15-6-11(7-17)4-5-14(15)10-18-8-12-2-1-3-13(12)9-18/h4-6,12-13H,1-3,7-10,17H2. The van der Waals surface area contributed by atoms with Crippen LogP contribution in [0.4, 0.5) is 4.39 Å². The molecule has 1 aromatic carbocycles. The molecule has 1 saturated heterocycles. The number of fused-ring (bicyclic) bond motifs is 1. The molecule has 1 aromatic rings. The summed E-state index contributed by atoms with van der Waals surface area (Å²) in [5, 5.41) is 0. The zero-order valence-corrected chi connectivity index (χ0v) is 10.7. The second-order valence-electron chi connectivity index (χ2n) is 5.78. The van der Waals surface area contributed by atoms with Gasteiger partial charge in [-0.1, -0.05) is 18.6 Å². The Morgan fingerprint density at radius 1 is 1.22 bits per heavy atom. The average Bonchev–Trinajstić information content (AvgIpc) is 2.92. The van der Waals surface area contributed by atoms with Crippen molar-refractivity contribution >= 4 is 0 Å². The average molecular weight is 248 g/mol. The quantitative estimate of drug-likeness (QED) is 0.890. The highest BCUT2D eigenvalue weighted by Gasteiger charge is 2.35. The van der Waals surface area contributed by atoms with Crippen LogP contribution in [-0.2, 0) is 13.1 Å². The predicted octanol–water partition coefficient (Wildman–Crippen LogP) is 2.52. The lowest BCUT2D eigenvalue weighted by Crippen LogP contribution is -2.21. The van der Waals surface area contributed by atoms with Crippen molar-refractivity contribution in [2.24, 2.45) is 17.6 Å². The Bertz CT molecular complexity index is 421. The van der Waals surface area contributed by atoms with E-state index in [1.807, 2.05) is 12.1 Å². The van der Waals surface area contributed by atoms with E-state index in [9.17, 15) is 4.39 Å². The number of nitrogens with zero attached hydrogens (tertiary/aromatic N) is 1. The van der Waals surface area contributed by atoms with Gasteiger partial charge in [0.1, 0.15) is 5.82 Å². The molecule has 3 rings (SSSR count). The molecule has 2 N–H and O–H groups in total. The molecule has 1 aliphatic heterocycles. The molecule has 2 fully saturated rings. The highest BCUT2D eigenvalue weighted by atomic mass is 19.1. The largest absolute Gasteiger partial charge is 0.326 e. The fourth-order valence-electron chi connectivity index (χ4n) is 3.55. The first-order chi connectivity index (χ1) is 8.76. The van der Waals surface area contributed by atoms with Crippen LogP contribution in [0.1, 0.15) is 30.4 Å². The van der Waals surface area contributed by atoms with E-state index in [2.05, 4.69) is 4.90 Å². The second-order valence-corrected chi connectivity index (χ2v) is 5.78. The highest BCUT2D eigenvalue weighted by molar-refractivity contribution is 5.24. The van der Waals surface area contributed by atoms with Gasteiger partial charge in [-0.2, -0.15) is 0 Å². The van der Waals surface area contributed by atoms with Crippen LogP contribution >= 0.6 is 0 Å². The van der Waals surface area contributed by atoms with Crippen LogP contribution in [0.3, 0.4) is 0 Å². The molecule has 0 radical (unpaired) electrons. The first-order valence-corrected chi connectivity index (χ1v) is 6.96. The maximum absolute atomic E-state index is 13.9. The van der Waals surface area contributed by atoms with Gasteiger partial charge < -0.3 is 5.73 Å². The fourth-order valence-corrected chi connectivity index (χ4v) is 3.55. The zero-order valence-electron chi connectivity index (χ0n) is 10.7. The number of hydrogen-bond acceptors (Lipinski definition) is 2. The van der Waals surface area contributed by atoms with Crippen molar-refractivity contribution in [3.63, 3.8) is 0 Å². The van der Waals surface area contributed by atoms with Crippen molar-refractivity contribution in [2.45, 2.75) is 32.4 Å². The Labute approximate surface area is 108 Å². The van der Waals surface area contributed by atoms with Gasteiger partial charge in [0.25, 0.3) is 0 Å². The Kier molecular flexibility index (Phi) is 3.35. The Balaban J connectivity index is 1.66. The van der Waals surface area contributed by atoms with Gasteiger partial charge in [0.2, 0.25) is 0 Å². The van der Waals surface area contributed by atoms with Crippen LogP contribution in [0.2, 0.25) is 0 Å². The summed E-state index contributed by atoms with van der Waals surface area (Å²) in [5.74, 6) is 1.64. The molecule has 1 heterocycles. The van der Waals surface area contributed by atoms with Crippen LogP contribution in [0.5, 0.6) is 0 Å². The van der Waals surface area contributed by atoms with Crippen molar-refractivity contribution in [3.8, 4) is 0 Å². The van der Waals surface area contributed by atoms with E-state index in [-0.39, 0.29) is 5.82 Å². The molecule has 0 amide bonds. The second kappa shape index (κ2) is 4.98. The van der Waals surface area contributed by atoms with Gasteiger partial charge in [-0.25, -0.2) is 4.39 Å². The van der Waals surface area contributed by atoms with E-state index in [0.29, 0.717) is 6.54 Å². The molecule has 0 bridgehead atoms. The van der Waals surface area contributed by atoms with Crippen LogP contribution in [0.25, 0.3) is 0 Å². The van der Waals surface area contributed by atoms with Crippen LogP contribution < -0.4 is 5.73 Å². The lowest BCUT2D eigenvalue weighted by molar-refractivity contribution is 0.298. The summed E-state index contributed by atoms with van der Waals surface area (Å²) >= 11 is 0. The van der Waals surface area contributed by atoms with E-state index in [4.69, 9.17) is 5.73 Å². The zero-order chi connectivity index (χ0) is 12.5. The monoisotopic (exact) mass is 248 g/mol. The van der Waals surface area contributed by atoms with Crippen molar-refractivity contribution in [2.75, 3.05) is 13.1 Å². The van der Waals surface area contributed by atoms with Crippen LogP contribution in [0, 0.1) is 17.7 Å². The minimum Gasteiger partial charge on any atom is -0.326 e. The van der Waals surface area contributed by atoms with Gasteiger partial charge in [-0.3, -0.25) is 4.90 Å². The molecule has 18 heavy (non-hydrogen) atoms. The molecule has 2 nitrogen and oxygen atoms in total. The number of nitrogens with two attached hydrogens (primary N) is 1. The molecule has 1 aliphatic carbocycles. The van der Waals surface area contributed by atoms with E-state index in [0.717, 1.165) is 42.6 Å². The SMILES string of the molecule is NCc1ccc(CN2CC3CCCC3C2)c(F)c1. The molecule has 1 saturated carbocycles. The van der Waals surface area contributed by atoms with Crippen molar-refractivity contribution < 1.29 is 4.39 Å². The fraction of sp³-hybridized carbons (Fsp3) is 0.600. The summed E-state index contributed by atoms with van der Waals surface area (Å²) in [6.07, 6.45) is 4.13. The van der Waals surface area contributed by atoms with Gasteiger partial charge in [-0.05, 0) is 36.3 Å². The molecule has 0 aromatic heterocycles. The van der Waals surface area contributed by atoms with E-state index in [1.54, 1.807) is 6.07 Å². The van der Waals surface area contributed by atoms with E-state index >= 15 is 0 Å². The summed E-state index contributed by atoms with van der Waals surface area (Å²) in [7, 11) is 0. The van der Waals surface area contributed by atoms with Crippen LogP contribution in [0.15, 0.2) is 18.2 Å². The summed E-state index contributed by atoms with van der Waals surface area (Å²) in [6.45, 7) is 3.47. The number of rotatable bonds is 3. The maximum atomic E-state index is 13.9. The van der Waals surface area contributed by atoms with Gasteiger partial charge in [0.15, 0.2) is 0 Å². The van der Waals surface area contributed by atoms with Crippen molar-refractivity contribution in [1.82, 2.24) is 4.90 Å². The third kappa shape index (κ3) is 2.29. The lowest BCUT2D eigenvalue weighted by Gasteiger charge is -2.17. The molecule has 3 heteroatoms. The normalized spacial score (nSPS) is 27.7. The molecule has 2 atom stereocenters. The van der Waals surface area contributed by atoms with Gasteiger partial charge in [0.05, 0.1) is 0 Å². The number of halogens is 1. The molecule has 98 valence electrons. The van der Waals surface area contributed by atoms with Gasteiger partial charge in [0, 0.05) is 31.7 Å². The Morgan fingerprint density at radius 3 is 2.56 bits per heavy atom. The number of likely N-dealkylation sites (tertiary alicyclic amines) is 1. The Hall–Kier alpha value is -0.930. The van der Waals surface area contributed by atoms with Crippen molar-refractivity contribution in [1.29, 1.82) is 0 Å². The van der Waals surface area contributed by atoms with Gasteiger partial charge >= 0.3 is 0 Å². The van der Waals surface area contributed by atoms with Gasteiger partial charge in [-0.15, -0.1) is 0 Å². The third-order valence-electron chi connectivity index (χ3n) is 4.55. The minimum absolute atomic E-state index is 0.102. The van der Waals surface area contributed by atoms with E-state index < -0.39 is 0 Å². The smallest absolute Gasteiger partial charge is 0.128 e. The first-order valence-electron chi connectivity index (χ1n) is 6.96. The summed E-state index contributed by atoms with van der Waals surface area (Å²) < 4.78 is 13.9. The molecule has 2 aliphatic rings. The maximum Gasteiger partial charge on any atom is 0.128 e. The summed E-state index contributed by atoms with van der Waals surface area (Å²) in [6, 6.07) is 5.41. The van der Waals surface area contributed by atoms with Crippen molar-refractivity contribution in [3.05, 3.63) is 35.1 Å². The Morgan fingerprint density at radius 2 is 1.94 bits per heavy atom. The molecular weight excluding hydrogens is 227 g/mol. The van der Waals surface area contributed by atoms with E-state index in [1.165, 1.54) is 19.3 Å². The first kappa shape index (κ1) is 12.1. The number of hydrogen-bond donors (Lipinski definition) is 1. The topological polar surface area (TPSA) is 29.3 Å². The molecular formula is C15H21FN2. The predicted molar refractivity (Wildman–Crippen MR) is 70.4 cm³/mol. The third-order valence-corrected chi connectivity index (χ3v) is 4.55. The molecule has 2 unspecified atom stereocenters. The van der Waals surface area contributed by atoms with Crippen LogP contribution in [-0.4, -0.2) is 18.0 Å². The summed E-state index contributed by atoms with van der Waals surface area (Å²) in [4.78, 5) is 2.41. The molecule has 0 spiro atoms. The highest BCUT2D eigenvalue weighted by Crippen LogP contribution is 2.38. The summed E-state index contributed by atoms with van der Waals surface area (Å²) in [5.41, 5.74) is 7.20. The number of benzene rings is 1. The lowest BCUT2D eigenvalue weighted by atomic mass is 10.0.